The summed E-state index contributed by atoms with van der Waals surface area (Å²) in [6, 6.07) is 6.41. The van der Waals surface area contributed by atoms with E-state index in [2.05, 4.69) is 51.4 Å². The lowest BCUT2D eigenvalue weighted by Crippen LogP contribution is -2.11. The number of aromatic nitrogens is 1. The highest BCUT2D eigenvalue weighted by atomic mass is 79.9. The van der Waals surface area contributed by atoms with Gasteiger partial charge in [0.25, 0.3) is 0 Å². The molecule has 1 N–H and O–H groups in total. The van der Waals surface area contributed by atoms with Gasteiger partial charge in [-0.15, -0.1) is 11.3 Å². The fraction of sp³-hybridized carbons (Fsp3) is 0.250. The Hall–Kier alpha value is -0.710. The van der Waals surface area contributed by atoms with E-state index >= 15 is 0 Å². The number of nitrogens with one attached hydrogen (secondary N) is 1. The average Bonchev–Trinajstić information content (AvgIpc) is 2.64. The van der Waals surface area contributed by atoms with Crippen molar-refractivity contribution in [2.24, 2.45) is 0 Å². The molecular formula is C12H13BrN2S. The minimum atomic E-state index is 0.851. The van der Waals surface area contributed by atoms with Crippen molar-refractivity contribution in [2.75, 3.05) is 0 Å². The molecule has 2 nitrogen and oxygen atoms in total. The normalized spacial score (nSPS) is 10.6. The molecule has 0 aliphatic heterocycles. The average molecular weight is 297 g/mol. The molecule has 0 unspecified atom stereocenters. The van der Waals surface area contributed by atoms with Gasteiger partial charge in [-0.1, -0.05) is 0 Å². The van der Waals surface area contributed by atoms with E-state index in [1.807, 2.05) is 17.5 Å². The van der Waals surface area contributed by atoms with Crippen LogP contribution in [-0.2, 0) is 13.1 Å². The third-order valence-electron chi connectivity index (χ3n) is 2.19. The summed E-state index contributed by atoms with van der Waals surface area (Å²) in [4.78, 5) is 6.87. The predicted octanol–water partition coefficient (Wildman–Crippen LogP) is 3.50. The molecule has 0 amide bonds. The maximum absolute atomic E-state index is 4.13. The van der Waals surface area contributed by atoms with Gasteiger partial charge in [0, 0.05) is 39.7 Å². The Morgan fingerprint density at radius 3 is 2.88 bits per heavy atom. The van der Waals surface area contributed by atoms with Crippen LogP contribution >= 0.6 is 27.3 Å². The molecule has 0 bridgehead atoms. The van der Waals surface area contributed by atoms with Crippen LogP contribution in [-0.4, -0.2) is 4.98 Å². The van der Waals surface area contributed by atoms with E-state index in [-0.39, 0.29) is 0 Å². The lowest BCUT2D eigenvalue weighted by molar-refractivity contribution is 0.698. The summed E-state index contributed by atoms with van der Waals surface area (Å²) in [5.74, 6) is 0. The van der Waals surface area contributed by atoms with Gasteiger partial charge in [-0.3, -0.25) is 4.98 Å². The summed E-state index contributed by atoms with van der Waals surface area (Å²) < 4.78 is 1.03. The van der Waals surface area contributed by atoms with Crippen molar-refractivity contribution in [1.82, 2.24) is 10.3 Å². The van der Waals surface area contributed by atoms with E-state index in [1.165, 1.54) is 15.3 Å². The topological polar surface area (TPSA) is 24.9 Å². The number of aryl methyl sites for hydroxylation is 1. The highest BCUT2D eigenvalue weighted by molar-refractivity contribution is 9.10. The quantitative estimate of drug-likeness (QED) is 0.934. The molecule has 0 radical (unpaired) electrons. The van der Waals surface area contributed by atoms with Gasteiger partial charge in [-0.2, -0.15) is 0 Å². The van der Waals surface area contributed by atoms with Gasteiger partial charge in [0.1, 0.15) is 0 Å². The van der Waals surface area contributed by atoms with Crippen molar-refractivity contribution >= 4 is 27.3 Å². The van der Waals surface area contributed by atoms with E-state index in [9.17, 15) is 0 Å². The molecule has 0 aliphatic rings. The number of hydrogen-bond donors (Lipinski definition) is 1. The SMILES string of the molecule is Cc1ccc(CNCc2cncc(Br)c2)s1. The summed E-state index contributed by atoms with van der Waals surface area (Å²) in [6.45, 7) is 3.90. The van der Waals surface area contributed by atoms with Crippen LogP contribution in [0.2, 0.25) is 0 Å². The van der Waals surface area contributed by atoms with Crippen LogP contribution in [0.15, 0.2) is 35.1 Å². The second-order valence-electron chi connectivity index (χ2n) is 3.63. The van der Waals surface area contributed by atoms with Crippen LogP contribution in [0.5, 0.6) is 0 Å². The van der Waals surface area contributed by atoms with Crippen LogP contribution in [0.25, 0.3) is 0 Å². The summed E-state index contributed by atoms with van der Waals surface area (Å²) in [6.07, 6.45) is 3.68. The van der Waals surface area contributed by atoms with Crippen molar-refractivity contribution in [3.05, 3.63) is 50.4 Å². The smallest absolute Gasteiger partial charge is 0.0410 e. The number of nitrogens with zero attached hydrogens (tertiary/aromatic N) is 1. The Morgan fingerprint density at radius 2 is 2.19 bits per heavy atom. The van der Waals surface area contributed by atoms with Crippen LogP contribution in [0, 0.1) is 6.92 Å². The number of halogens is 1. The highest BCUT2D eigenvalue weighted by Crippen LogP contribution is 2.15. The fourth-order valence-corrected chi connectivity index (χ4v) is 2.73. The zero-order valence-electron chi connectivity index (χ0n) is 9.03. The monoisotopic (exact) mass is 296 g/mol. The maximum atomic E-state index is 4.13. The molecule has 2 rings (SSSR count). The van der Waals surface area contributed by atoms with Gasteiger partial charge in [-0.05, 0) is 46.6 Å². The molecule has 2 aromatic heterocycles. The fourth-order valence-electron chi connectivity index (χ4n) is 1.46. The van der Waals surface area contributed by atoms with Crippen molar-refractivity contribution in [3.63, 3.8) is 0 Å². The molecule has 16 heavy (non-hydrogen) atoms. The lowest BCUT2D eigenvalue weighted by atomic mass is 10.3. The second kappa shape index (κ2) is 5.57. The predicted molar refractivity (Wildman–Crippen MR) is 71.5 cm³/mol. The van der Waals surface area contributed by atoms with Crippen molar-refractivity contribution in [3.8, 4) is 0 Å². The molecule has 2 aromatic rings. The first-order valence-electron chi connectivity index (χ1n) is 5.09. The largest absolute Gasteiger partial charge is 0.308 e. The number of rotatable bonds is 4. The molecule has 0 atom stereocenters. The molecule has 0 aromatic carbocycles. The molecule has 0 aliphatic carbocycles. The van der Waals surface area contributed by atoms with E-state index in [0.29, 0.717) is 0 Å². The Kier molecular flexibility index (Phi) is 4.09. The molecule has 2 heterocycles. The number of hydrogen-bond acceptors (Lipinski definition) is 3. The Bertz CT molecular complexity index is 468. The number of thiophene rings is 1. The van der Waals surface area contributed by atoms with Crippen molar-refractivity contribution < 1.29 is 0 Å². The van der Waals surface area contributed by atoms with Gasteiger partial charge < -0.3 is 5.32 Å². The third-order valence-corrected chi connectivity index (χ3v) is 3.62. The summed E-state index contributed by atoms with van der Waals surface area (Å²) in [5, 5.41) is 3.41. The van der Waals surface area contributed by atoms with Crippen LogP contribution in [0.1, 0.15) is 15.3 Å². The molecule has 0 saturated carbocycles. The maximum Gasteiger partial charge on any atom is 0.0410 e. The van der Waals surface area contributed by atoms with Crippen LogP contribution in [0.3, 0.4) is 0 Å². The van der Waals surface area contributed by atoms with E-state index in [4.69, 9.17) is 0 Å². The third kappa shape index (κ3) is 3.40. The van der Waals surface area contributed by atoms with Gasteiger partial charge in [0.05, 0.1) is 0 Å². The first-order valence-corrected chi connectivity index (χ1v) is 6.70. The molecule has 84 valence electrons. The lowest BCUT2D eigenvalue weighted by Gasteiger charge is -2.03. The molecule has 4 heteroatoms. The van der Waals surface area contributed by atoms with Gasteiger partial charge in [0.2, 0.25) is 0 Å². The zero-order chi connectivity index (χ0) is 11.4. The van der Waals surface area contributed by atoms with Gasteiger partial charge in [0.15, 0.2) is 0 Å². The molecule has 0 saturated heterocycles. The van der Waals surface area contributed by atoms with Gasteiger partial charge in [-0.25, -0.2) is 0 Å². The minimum absolute atomic E-state index is 0.851. The summed E-state index contributed by atoms with van der Waals surface area (Å²) in [7, 11) is 0. The van der Waals surface area contributed by atoms with E-state index in [1.54, 1.807) is 6.20 Å². The summed E-state index contributed by atoms with van der Waals surface area (Å²) in [5.41, 5.74) is 1.20. The standard InChI is InChI=1S/C12H13BrN2S/c1-9-2-3-12(16-9)8-15-6-10-4-11(13)7-14-5-10/h2-5,7,15H,6,8H2,1H3. The van der Waals surface area contributed by atoms with E-state index in [0.717, 1.165) is 17.6 Å². The second-order valence-corrected chi connectivity index (χ2v) is 5.92. The Morgan fingerprint density at radius 1 is 1.31 bits per heavy atom. The van der Waals surface area contributed by atoms with E-state index < -0.39 is 0 Å². The first-order chi connectivity index (χ1) is 7.74. The molecular weight excluding hydrogens is 284 g/mol. The van der Waals surface area contributed by atoms with Crippen molar-refractivity contribution in [1.29, 1.82) is 0 Å². The highest BCUT2D eigenvalue weighted by Gasteiger charge is 1.97. The molecule has 0 spiro atoms. The first kappa shape index (κ1) is 11.8. The Labute approximate surface area is 108 Å². The van der Waals surface area contributed by atoms with Gasteiger partial charge >= 0.3 is 0 Å². The summed E-state index contributed by atoms with van der Waals surface area (Å²) >= 11 is 5.25. The number of pyridine rings is 1. The minimum Gasteiger partial charge on any atom is -0.308 e. The van der Waals surface area contributed by atoms with Crippen LogP contribution in [0.4, 0.5) is 0 Å². The van der Waals surface area contributed by atoms with Crippen molar-refractivity contribution in [2.45, 2.75) is 20.0 Å². The zero-order valence-corrected chi connectivity index (χ0v) is 11.4. The van der Waals surface area contributed by atoms with Crippen LogP contribution < -0.4 is 5.32 Å². The molecule has 0 fully saturated rings. The Balaban J connectivity index is 1.84.